The number of rotatable bonds is 2. The molecule has 0 aliphatic carbocycles. The van der Waals surface area contributed by atoms with Gasteiger partial charge >= 0.3 is 0 Å². The monoisotopic (exact) mass is 249 g/mol. The lowest BCUT2D eigenvalue weighted by atomic mass is 10.3. The van der Waals surface area contributed by atoms with E-state index >= 15 is 0 Å². The Morgan fingerprint density at radius 1 is 1.50 bits per heavy atom. The van der Waals surface area contributed by atoms with Crippen molar-refractivity contribution in [1.82, 2.24) is 9.38 Å². The average Bonchev–Trinajstić information content (AvgIpc) is 2.54. The van der Waals surface area contributed by atoms with Crippen molar-refractivity contribution in [1.29, 1.82) is 5.26 Å². The predicted molar refractivity (Wildman–Crippen MR) is 56.8 cm³/mol. The highest BCUT2D eigenvalue weighted by molar-refractivity contribution is 9.10. The predicted octanol–water partition coefficient (Wildman–Crippen LogP) is 2.55. The van der Waals surface area contributed by atoms with Crippen LogP contribution in [-0.2, 0) is 6.42 Å². The summed E-state index contributed by atoms with van der Waals surface area (Å²) >= 11 is 3.39. The molecule has 0 atom stereocenters. The molecule has 0 N–H and O–H groups in total. The maximum absolute atomic E-state index is 8.51. The Hall–Kier alpha value is -1.34. The van der Waals surface area contributed by atoms with E-state index in [-0.39, 0.29) is 0 Å². The molecule has 0 saturated heterocycles. The summed E-state index contributed by atoms with van der Waals surface area (Å²) in [5, 5.41) is 8.51. The van der Waals surface area contributed by atoms with E-state index in [0.717, 1.165) is 15.9 Å². The van der Waals surface area contributed by atoms with Crippen molar-refractivity contribution >= 4 is 21.4 Å². The second-order valence-electron chi connectivity index (χ2n) is 2.93. The lowest BCUT2D eigenvalue weighted by molar-refractivity contribution is 0.878. The van der Waals surface area contributed by atoms with Crippen LogP contribution in [0.1, 0.15) is 12.2 Å². The summed E-state index contributed by atoms with van der Waals surface area (Å²) in [5.74, 6) is 0.925. The van der Waals surface area contributed by atoms with Crippen molar-refractivity contribution in [3.63, 3.8) is 0 Å². The lowest BCUT2D eigenvalue weighted by Crippen LogP contribution is -1.93. The van der Waals surface area contributed by atoms with Gasteiger partial charge in [-0.3, -0.25) is 0 Å². The largest absolute Gasteiger partial charge is 0.303 e. The van der Waals surface area contributed by atoms with Crippen molar-refractivity contribution in [2.75, 3.05) is 0 Å². The minimum Gasteiger partial charge on any atom is -0.303 e. The van der Waals surface area contributed by atoms with Gasteiger partial charge in [-0.15, -0.1) is 0 Å². The molecule has 2 rings (SSSR count). The fourth-order valence-electron chi connectivity index (χ4n) is 1.40. The smallest absolute Gasteiger partial charge is 0.132 e. The first-order valence-electron chi connectivity index (χ1n) is 4.31. The Labute approximate surface area is 90.1 Å². The number of nitriles is 1. The van der Waals surface area contributed by atoms with Crippen LogP contribution in [-0.4, -0.2) is 9.38 Å². The molecule has 0 saturated carbocycles. The van der Waals surface area contributed by atoms with Crippen LogP contribution in [0.2, 0.25) is 0 Å². The van der Waals surface area contributed by atoms with E-state index < -0.39 is 0 Å². The van der Waals surface area contributed by atoms with Crippen molar-refractivity contribution in [3.8, 4) is 6.07 Å². The number of halogens is 1. The highest BCUT2D eigenvalue weighted by Gasteiger charge is 2.06. The van der Waals surface area contributed by atoms with Gasteiger partial charge in [0, 0.05) is 19.0 Å². The molecule has 2 aromatic rings. The molecule has 0 amide bonds. The number of pyridine rings is 1. The molecule has 14 heavy (non-hydrogen) atoms. The Balaban J connectivity index is 2.51. The van der Waals surface area contributed by atoms with Gasteiger partial charge in [0.15, 0.2) is 0 Å². The molecule has 0 aromatic carbocycles. The molecule has 0 aliphatic rings. The summed E-state index contributed by atoms with van der Waals surface area (Å²) < 4.78 is 2.84. The molecular formula is C10H8BrN3. The average molecular weight is 250 g/mol. The molecule has 0 radical (unpaired) electrons. The fourth-order valence-corrected chi connectivity index (χ4v) is 1.93. The van der Waals surface area contributed by atoms with Crippen LogP contribution in [0.15, 0.2) is 29.0 Å². The Kier molecular flexibility index (Phi) is 2.51. The second-order valence-corrected chi connectivity index (χ2v) is 3.68. The third kappa shape index (κ3) is 1.51. The van der Waals surface area contributed by atoms with Gasteiger partial charge in [0.05, 0.1) is 11.6 Å². The topological polar surface area (TPSA) is 41.1 Å². The van der Waals surface area contributed by atoms with E-state index in [2.05, 4.69) is 27.0 Å². The molecule has 2 heterocycles. The van der Waals surface area contributed by atoms with E-state index in [4.69, 9.17) is 5.26 Å². The van der Waals surface area contributed by atoms with Crippen LogP contribution in [0, 0.1) is 11.3 Å². The Bertz CT molecular complexity index is 496. The van der Waals surface area contributed by atoms with Crippen molar-refractivity contribution in [3.05, 3.63) is 34.8 Å². The Morgan fingerprint density at radius 3 is 3.14 bits per heavy atom. The van der Waals surface area contributed by atoms with Crippen LogP contribution in [0.3, 0.4) is 0 Å². The molecule has 70 valence electrons. The van der Waals surface area contributed by atoms with Gasteiger partial charge in [0.1, 0.15) is 10.4 Å². The van der Waals surface area contributed by atoms with E-state index in [0.29, 0.717) is 12.8 Å². The first-order chi connectivity index (χ1) is 6.83. The summed E-state index contributed by atoms with van der Waals surface area (Å²) in [7, 11) is 0. The van der Waals surface area contributed by atoms with Crippen LogP contribution in [0.25, 0.3) is 5.52 Å². The summed E-state index contributed by atoms with van der Waals surface area (Å²) in [6.07, 6.45) is 3.15. The van der Waals surface area contributed by atoms with Crippen molar-refractivity contribution < 1.29 is 0 Å². The van der Waals surface area contributed by atoms with E-state index in [1.54, 1.807) is 0 Å². The number of hydrogen-bond donors (Lipinski definition) is 0. The second kappa shape index (κ2) is 3.81. The van der Waals surface area contributed by atoms with Gasteiger partial charge in [-0.05, 0) is 28.1 Å². The zero-order valence-electron chi connectivity index (χ0n) is 7.44. The van der Waals surface area contributed by atoms with Gasteiger partial charge < -0.3 is 4.40 Å². The quantitative estimate of drug-likeness (QED) is 0.821. The van der Waals surface area contributed by atoms with Crippen LogP contribution in [0.5, 0.6) is 0 Å². The molecule has 3 nitrogen and oxygen atoms in total. The number of nitrogens with zero attached hydrogens (tertiary/aromatic N) is 3. The lowest BCUT2D eigenvalue weighted by Gasteiger charge is -1.96. The van der Waals surface area contributed by atoms with Gasteiger partial charge in [0.2, 0.25) is 0 Å². The van der Waals surface area contributed by atoms with Crippen molar-refractivity contribution in [2.45, 2.75) is 12.8 Å². The molecule has 4 heteroatoms. The zero-order chi connectivity index (χ0) is 9.97. The van der Waals surface area contributed by atoms with Gasteiger partial charge in [-0.2, -0.15) is 5.26 Å². The zero-order valence-corrected chi connectivity index (χ0v) is 9.03. The first-order valence-corrected chi connectivity index (χ1v) is 5.10. The maximum atomic E-state index is 8.51. The number of imidazole rings is 1. The normalized spacial score (nSPS) is 10.3. The molecule has 0 fully saturated rings. The summed E-state index contributed by atoms with van der Waals surface area (Å²) in [5.41, 5.74) is 1.04. The van der Waals surface area contributed by atoms with Crippen molar-refractivity contribution in [2.24, 2.45) is 0 Å². The summed E-state index contributed by atoms with van der Waals surface area (Å²) in [6.45, 7) is 0. The molecule has 0 aliphatic heterocycles. The molecule has 2 aromatic heterocycles. The van der Waals surface area contributed by atoms with E-state index in [1.807, 2.05) is 28.8 Å². The third-order valence-electron chi connectivity index (χ3n) is 2.04. The highest BCUT2D eigenvalue weighted by atomic mass is 79.9. The molecule has 0 bridgehead atoms. The van der Waals surface area contributed by atoms with Crippen LogP contribution < -0.4 is 0 Å². The van der Waals surface area contributed by atoms with Gasteiger partial charge in [0.25, 0.3) is 0 Å². The number of aryl methyl sites for hydroxylation is 1. The molecular weight excluding hydrogens is 242 g/mol. The van der Waals surface area contributed by atoms with E-state index in [9.17, 15) is 0 Å². The number of hydrogen-bond acceptors (Lipinski definition) is 2. The summed E-state index contributed by atoms with van der Waals surface area (Å²) in [4.78, 5) is 4.36. The minimum absolute atomic E-state index is 0.500. The van der Waals surface area contributed by atoms with Gasteiger partial charge in [-0.1, -0.05) is 6.07 Å². The van der Waals surface area contributed by atoms with Crippen LogP contribution in [0.4, 0.5) is 0 Å². The maximum Gasteiger partial charge on any atom is 0.132 e. The fraction of sp³-hybridized carbons (Fsp3) is 0.200. The first kappa shape index (κ1) is 9.22. The summed E-state index contributed by atoms with van der Waals surface area (Å²) in [6, 6.07) is 8.04. The van der Waals surface area contributed by atoms with Crippen LogP contribution >= 0.6 is 15.9 Å². The number of aromatic nitrogens is 2. The number of fused-ring (bicyclic) bond motifs is 1. The highest BCUT2D eigenvalue weighted by Crippen LogP contribution is 2.18. The van der Waals surface area contributed by atoms with Gasteiger partial charge in [-0.25, -0.2) is 4.98 Å². The van der Waals surface area contributed by atoms with E-state index in [1.165, 1.54) is 0 Å². The molecule has 0 unspecified atom stereocenters. The SMILES string of the molecule is N#CCCc1nc(Br)c2ccccn12. The molecule has 0 spiro atoms. The Morgan fingerprint density at radius 2 is 2.36 bits per heavy atom. The minimum atomic E-state index is 0.500. The third-order valence-corrected chi connectivity index (χ3v) is 2.62. The standard InChI is InChI=1S/C10H8BrN3/c11-10-8-4-1-2-7-14(8)9(13-10)5-3-6-12/h1-2,4,7H,3,5H2.